The molecular formula is C14H18N4. The largest absolute Gasteiger partial charge is 0.397 e. The lowest BCUT2D eigenvalue weighted by molar-refractivity contribution is 0.248. The molecule has 2 N–H and O–H groups in total. The fourth-order valence-corrected chi connectivity index (χ4v) is 2.65. The smallest absolute Gasteiger partial charge is 0.0992 e. The van der Waals surface area contributed by atoms with Crippen molar-refractivity contribution in [1.29, 1.82) is 5.26 Å². The number of hydrogen-bond donors (Lipinski definition) is 1. The normalized spacial score (nSPS) is 20.7. The van der Waals surface area contributed by atoms with Crippen molar-refractivity contribution < 1.29 is 0 Å². The summed E-state index contributed by atoms with van der Waals surface area (Å²) >= 11 is 0. The zero-order chi connectivity index (χ0) is 12.5. The number of rotatable bonds is 2. The molecule has 94 valence electrons. The number of nitriles is 1. The zero-order valence-electron chi connectivity index (χ0n) is 10.5. The average molecular weight is 242 g/mol. The number of nitrogen functional groups attached to an aromatic ring is 1. The van der Waals surface area contributed by atoms with Crippen molar-refractivity contribution in [3.63, 3.8) is 0 Å². The van der Waals surface area contributed by atoms with E-state index in [0.29, 0.717) is 5.56 Å². The second kappa shape index (κ2) is 4.51. The molecule has 4 heteroatoms. The van der Waals surface area contributed by atoms with Gasteiger partial charge in [-0.05, 0) is 31.0 Å². The topological polar surface area (TPSA) is 56.3 Å². The molecule has 0 radical (unpaired) electrons. The second-order valence-corrected chi connectivity index (χ2v) is 5.14. The van der Waals surface area contributed by atoms with Crippen molar-refractivity contribution in [1.82, 2.24) is 4.90 Å². The van der Waals surface area contributed by atoms with Gasteiger partial charge in [0.1, 0.15) is 0 Å². The van der Waals surface area contributed by atoms with Crippen LogP contribution in [-0.2, 0) is 0 Å². The van der Waals surface area contributed by atoms with E-state index in [9.17, 15) is 0 Å². The van der Waals surface area contributed by atoms with Crippen molar-refractivity contribution in [3.8, 4) is 6.07 Å². The minimum absolute atomic E-state index is 0.684. The highest BCUT2D eigenvalue weighted by Gasteiger charge is 2.31. The van der Waals surface area contributed by atoms with Crippen molar-refractivity contribution in [2.75, 3.05) is 36.8 Å². The van der Waals surface area contributed by atoms with E-state index in [2.05, 4.69) is 15.9 Å². The van der Waals surface area contributed by atoms with Crippen LogP contribution in [0.25, 0.3) is 0 Å². The van der Waals surface area contributed by atoms with E-state index in [4.69, 9.17) is 11.0 Å². The van der Waals surface area contributed by atoms with Crippen LogP contribution in [-0.4, -0.2) is 37.1 Å². The van der Waals surface area contributed by atoms with Crippen LogP contribution >= 0.6 is 0 Å². The number of nitrogens with zero attached hydrogens (tertiary/aromatic N) is 3. The molecule has 1 aromatic rings. The molecule has 1 heterocycles. The molecule has 0 unspecified atom stereocenters. The fourth-order valence-electron chi connectivity index (χ4n) is 2.65. The molecule has 2 aliphatic rings. The van der Waals surface area contributed by atoms with Gasteiger partial charge in [-0.25, -0.2) is 0 Å². The summed E-state index contributed by atoms with van der Waals surface area (Å²) < 4.78 is 0. The van der Waals surface area contributed by atoms with Gasteiger partial charge < -0.3 is 10.6 Å². The lowest BCUT2D eigenvalue weighted by Gasteiger charge is -2.36. The first-order valence-electron chi connectivity index (χ1n) is 6.56. The number of benzene rings is 1. The van der Waals surface area contributed by atoms with Gasteiger partial charge in [0, 0.05) is 32.2 Å². The predicted octanol–water partition coefficient (Wildman–Crippen LogP) is 1.42. The third-order valence-electron chi connectivity index (χ3n) is 3.88. The molecule has 18 heavy (non-hydrogen) atoms. The third kappa shape index (κ3) is 2.14. The van der Waals surface area contributed by atoms with Gasteiger partial charge in [-0.1, -0.05) is 0 Å². The molecule has 0 amide bonds. The quantitative estimate of drug-likeness (QED) is 0.797. The van der Waals surface area contributed by atoms with Crippen LogP contribution in [0.1, 0.15) is 18.4 Å². The molecular weight excluding hydrogens is 224 g/mol. The van der Waals surface area contributed by atoms with E-state index in [1.165, 1.54) is 12.8 Å². The summed E-state index contributed by atoms with van der Waals surface area (Å²) in [5.74, 6) is 0. The zero-order valence-corrected chi connectivity index (χ0v) is 10.5. The van der Waals surface area contributed by atoms with Gasteiger partial charge in [0.15, 0.2) is 0 Å². The fraction of sp³-hybridized carbons (Fsp3) is 0.500. The predicted molar refractivity (Wildman–Crippen MR) is 72.4 cm³/mol. The van der Waals surface area contributed by atoms with E-state index < -0.39 is 0 Å². The maximum Gasteiger partial charge on any atom is 0.0992 e. The molecule has 1 saturated carbocycles. The van der Waals surface area contributed by atoms with Crippen LogP contribution in [0.2, 0.25) is 0 Å². The lowest BCUT2D eigenvalue weighted by Crippen LogP contribution is -2.47. The molecule has 0 aromatic heterocycles. The van der Waals surface area contributed by atoms with Gasteiger partial charge in [-0.2, -0.15) is 5.26 Å². The third-order valence-corrected chi connectivity index (χ3v) is 3.88. The first-order valence-corrected chi connectivity index (χ1v) is 6.56. The summed E-state index contributed by atoms with van der Waals surface area (Å²) in [7, 11) is 0. The van der Waals surface area contributed by atoms with Crippen LogP contribution in [0.15, 0.2) is 18.2 Å². The first-order chi connectivity index (χ1) is 8.78. The van der Waals surface area contributed by atoms with Crippen LogP contribution in [0, 0.1) is 11.3 Å². The second-order valence-electron chi connectivity index (χ2n) is 5.14. The summed E-state index contributed by atoms with van der Waals surface area (Å²) in [6, 6.07) is 8.54. The summed E-state index contributed by atoms with van der Waals surface area (Å²) in [4.78, 5) is 4.87. The van der Waals surface area contributed by atoms with Crippen LogP contribution in [0.3, 0.4) is 0 Å². The van der Waals surface area contributed by atoms with Crippen LogP contribution in [0.5, 0.6) is 0 Å². The van der Waals surface area contributed by atoms with Gasteiger partial charge in [0.2, 0.25) is 0 Å². The van der Waals surface area contributed by atoms with Gasteiger partial charge in [-0.3, -0.25) is 4.90 Å². The van der Waals surface area contributed by atoms with E-state index in [1.807, 2.05) is 12.1 Å². The summed E-state index contributed by atoms with van der Waals surface area (Å²) in [5.41, 5.74) is 8.49. The minimum atomic E-state index is 0.684. The monoisotopic (exact) mass is 242 g/mol. The maximum atomic E-state index is 8.96. The Bertz CT molecular complexity index is 479. The van der Waals surface area contributed by atoms with E-state index >= 15 is 0 Å². The van der Waals surface area contributed by atoms with Gasteiger partial charge >= 0.3 is 0 Å². The lowest BCUT2D eigenvalue weighted by atomic mass is 10.1. The van der Waals surface area contributed by atoms with E-state index in [1.54, 1.807) is 6.07 Å². The molecule has 0 atom stereocenters. The molecule has 4 nitrogen and oxygen atoms in total. The van der Waals surface area contributed by atoms with Gasteiger partial charge in [-0.15, -0.1) is 0 Å². The van der Waals surface area contributed by atoms with Crippen molar-refractivity contribution in [2.24, 2.45) is 0 Å². The van der Waals surface area contributed by atoms with Crippen molar-refractivity contribution >= 4 is 11.4 Å². The Balaban J connectivity index is 1.73. The number of piperazine rings is 1. The minimum Gasteiger partial charge on any atom is -0.397 e. The summed E-state index contributed by atoms with van der Waals surface area (Å²) in [5, 5.41) is 8.96. The Morgan fingerprint density at radius 3 is 2.50 bits per heavy atom. The van der Waals surface area contributed by atoms with Gasteiger partial charge in [0.05, 0.1) is 23.0 Å². The molecule has 0 spiro atoms. The summed E-state index contributed by atoms with van der Waals surface area (Å²) in [6.45, 7) is 4.24. The standard InChI is InChI=1S/C14H18N4/c15-10-11-1-4-13(16)14(9-11)18-7-5-17(6-8-18)12-2-3-12/h1,4,9,12H,2-3,5-8,16H2. The van der Waals surface area contributed by atoms with E-state index in [-0.39, 0.29) is 0 Å². The highest BCUT2D eigenvalue weighted by atomic mass is 15.3. The average Bonchev–Trinajstić information content (AvgIpc) is 3.24. The molecule has 2 fully saturated rings. The molecule has 3 rings (SSSR count). The highest BCUT2D eigenvalue weighted by Crippen LogP contribution is 2.30. The highest BCUT2D eigenvalue weighted by molar-refractivity contribution is 5.69. The summed E-state index contributed by atoms with van der Waals surface area (Å²) in [6.07, 6.45) is 2.73. The first kappa shape index (κ1) is 11.4. The Morgan fingerprint density at radius 1 is 1.17 bits per heavy atom. The molecule has 0 bridgehead atoms. The Labute approximate surface area is 108 Å². The molecule has 1 aromatic carbocycles. The number of hydrogen-bond acceptors (Lipinski definition) is 4. The Morgan fingerprint density at radius 2 is 1.89 bits per heavy atom. The van der Waals surface area contributed by atoms with Crippen LogP contribution < -0.4 is 10.6 Å². The Hall–Kier alpha value is -1.73. The Kier molecular flexibility index (Phi) is 2.85. The van der Waals surface area contributed by atoms with Crippen molar-refractivity contribution in [3.05, 3.63) is 23.8 Å². The SMILES string of the molecule is N#Cc1ccc(N)c(N2CCN(C3CC3)CC2)c1. The maximum absolute atomic E-state index is 8.96. The number of anilines is 2. The molecule has 1 saturated heterocycles. The molecule has 1 aliphatic carbocycles. The van der Waals surface area contributed by atoms with Gasteiger partial charge in [0.25, 0.3) is 0 Å². The molecule has 1 aliphatic heterocycles. The van der Waals surface area contributed by atoms with Crippen molar-refractivity contribution in [2.45, 2.75) is 18.9 Å². The van der Waals surface area contributed by atoms with Crippen LogP contribution in [0.4, 0.5) is 11.4 Å². The van der Waals surface area contributed by atoms with E-state index in [0.717, 1.165) is 43.6 Å². The number of nitrogens with two attached hydrogens (primary N) is 1.